The summed E-state index contributed by atoms with van der Waals surface area (Å²) in [5.41, 5.74) is 8.03. The zero-order valence-electron chi connectivity index (χ0n) is 17.2. The van der Waals surface area contributed by atoms with E-state index >= 15 is 0 Å². The second-order valence-electron chi connectivity index (χ2n) is 7.51. The van der Waals surface area contributed by atoms with Gasteiger partial charge in [-0.05, 0) is 48.2 Å². The van der Waals surface area contributed by atoms with Crippen LogP contribution in [0, 0.1) is 0 Å². The molecule has 0 fully saturated rings. The van der Waals surface area contributed by atoms with Crippen LogP contribution in [0.1, 0.15) is 30.1 Å². The van der Waals surface area contributed by atoms with Gasteiger partial charge in [-0.3, -0.25) is 9.59 Å². The zero-order valence-corrected chi connectivity index (χ0v) is 17.2. The number of hydrogen-bond acceptors (Lipinski definition) is 6. The number of pyridine rings is 1. The van der Waals surface area contributed by atoms with Crippen molar-refractivity contribution in [2.75, 3.05) is 5.32 Å². The maximum absolute atomic E-state index is 11.8. The molecule has 1 aliphatic rings. The van der Waals surface area contributed by atoms with Crippen molar-refractivity contribution in [1.29, 1.82) is 0 Å². The number of nitrogens with two attached hydrogens (primary N) is 1. The van der Waals surface area contributed by atoms with Crippen LogP contribution in [-0.2, 0) is 16.0 Å². The van der Waals surface area contributed by atoms with Crippen LogP contribution in [0.5, 0.6) is 17.4 Å². The molecule has 2 heterocycles. The van der Waals surface area contributed by atoms with E-state index < -0.39 is 17.9 Å². The van der Waals surface area contributed by atoms with Crippen molar-refractivity contribution in [2.24, 2.45) is 5.73 Å². The fourth-order valence-corrected chi connectivity index (χ4v) is 3.47. The van der Waals surface area contributed by atoms with Gasteiger partial charge in [0.25, 0.3) is 0 Å². The third-order valence-corrected chi connectivity index (χ3v) is 5.11. The van der Waals surface area contributed by atoms with Crippen LogP contribution in [0.2, 0.25) is 0 Å². The largest absolute Gasteiger partial charge is 0.485 e. The number of ether oxygens (including phenoxy) is 2. The van der Waals surface area contributed by atoms with Gasteiger partial charge in [0.15, 0.2) is 0 Å². The maximum atomic E-state index is 11.8. The van der Waals surface area contributed by atoms with Crippen molar-refractivity contribution in [1.82, 2.24) is 4.98 Å². The van der Waals surface area contributed by atoms with Crippen molar-refractivity contribution >= 4 is 17.6 Å². The minimum atomic E-state index is -1.25. The number of aryl methyl sites for hydroxylation is 1. The van der Waals surface area contributed by atoms with E-state index in [4.69, 9.17) is 20.3 Å². The van der Waals surface area contributed by atoms with E-state index in [9.17, 15) is 9.59 Å². The van der Waals surface area contributed by atoms with Crippen LogP contribution in [0.3, 0.4) is 0 Å². The number of nitrogens with zero attached hydrogens (tertiary/aromatic N) is 1. The number of rotatable bonds is 7. The van der Waals surface area contributed by atoms with Crippen molar-refractivity contribution in [3.8, 4) is 17.4 Å². The lowest BCUT2D eigenvalue weighted by atomic mass is 9.97. The van der Waals surface area contributed by atoms with Crippen molar-refractivity contribution < 1.29 is 24.2 Å². The molecule has 0 saturated heterocycles. The van der Waals surface area contributed by atoms with Gasteiger partial charge in [-0.1, -0.05) is 30.3 Å². The highest BCUT2D eigenvalue weighted by molar-refractivity contribution is 5.93. The molecule has 164 valence electrons. The molecule has 32 heavy (non-hydrogen) atoms. The number of hydrogen-bond donors (Lipinski definition) is 3. The quantitative estimate of drug-likeness (QED) is 0.519. The topological polar surface area (TPSA) is 124 Å². The Morgan fingerprint density at radius 3 is 2.72 bits per heavy atom. The number of benzene rings is 2. The first-order valence-corrected chi connectivity index (χ1v) is 10.2. The summed E-state index contributed by atoms with van der Waals surface area (Å²) in [6.45, 7) is 0. The molecule has 4 rings (SSSR count). The zero-order chi connectivity index (χ0) is 22.5. The molecule has 4 N–H and O–H groups in total. The van der Waals surface area contributed by atoms with Gasteiger partial charge in [0.05, 0.1) is 18.3 Å². The highest BCUT2D eigenvalue weighted by Crippen LogP contribution is 2.37. The van der Waals surface area contributed by atoms with E-state index in [1.807, 2.05) is 36.4 Å². The Labute approximate surface area is 185 Å². The van der Waals surface area contributed by atoms with Crippen LogP contribution in [0.4, 0.5) is 5.69 Å². The number of carboxylic acids is 1. The monoisotopic (exact) mass is 433 g/mol. The summed E-state index contributed by atoms with van der Waals surface area (Å²) in [5, 5.41) is 11.3. The first-order valence-electron chi connectivity index (χ1n) is 10.2. The Balaban J connectivity index is 1.36. The minimum Gasteiger partial charge on any atom is -0.485 e. The van der Waals surface area contributed by atoms with Gasteiger partial charge in [0.1, 0.15) is 23.6 Å². The lowest BCUT2D eigenvalue weighted by molar-refractivity contribution is -0.140. The first-order chi connectivity index (χ1) is 15.5. The van der Waals surface area contributed by atoms with Crippen LogP contribution < -0.4 is 20.5 Å². The summed E-state index contributed by atoms with van der Waals surface area (Å²) in [6.07, 6.45) is 2.92. The molecule has 0 spiro atoms. The summed E-state index contributed by atoms with van der Waals surface area (Å²) in [4.78, 5) is 26.8. The van der Waals surface area contributed by atoms with Gasteiger partial charge in [-0.15, -0.1) is 0 Å². The van der Waals surface area contributed by atoms with E-state index in [2.05, 4.69) is 22.4 Å². The number of fused-ring (bicyclic) bond motifs is 1. The van der Waals surface area contributed by atoms with Gasteiger partial charge in [0, 0.05) is 6.07 Å². The van der Waals surface area contributed by atoms with Gasteiger partial charge >= 0.3 is 5.97 Å². The van der Waals surface area contributed by atoms with E-state index in [0.29, 0.717) is 17.3 Å². The molecule has 1 aromatic heterocycles. The summed E-state index contributed by atoms with van der Waals surface area (Å²) in [6, 6.07) is 17.8. The summed E-state index contributed by atoms with van der Waals surface area (Å²) in [5.74, 6) is 0.126. The van der Waals surface area contributed by atoms with Crippen LogP contribution >= 0.6 is 0 Å². The van der Waals surface area contributed by atoms with Crippen LogP contribution in [-0.4, -0.2) is 28.0 Å². The second-order valence-corrected chi connectivity index (χ2v) is 7.51. The van der Waals surface area contributed by atoms with Crippen molar-refractivity contribution in [3.63, 3.8) is 0 Å². The second kappa shape index (κ2) is 9.49. The van der Waals surface area contributed by atoms with E-state index in [1.165, 1.54) is 11.8 Å². The summed E-state index contributed by atoms with van der Waals surface area (Å²) >= 11 is 0. The Morgan fingerprint density at radius 2 is 2.00 bits per heavy atom. The minimum absolute atomic E-state index is 0.0462. The Bertz CT molecular complexity index is 1100. The molecular weight excluding hydrogens is 410 g/mol. The van der Waals surface area contributed by atoms with Gasteiger partial charge in [-0.2, -0.15) is 0 Å². The number of aromatic nitrogens is 1. The first kappa shape index (κ1) is 21.3. The molecule has 2 aromatic carbocycles. The van der Waals surface area contributed by atoms with Crippen molar-refractivity contribution in [2.45, 2.75) is 31.4 Å². The predicted octanol–water partition coefficient (Wildman–Crippen LogP) is 3.68. The number of carboxylic acid groups (broad SMARTS) is 1. The molecule has 1 aliphatic heterocycles. The molecule has 1 unspecified atom stereocenters. The highest BCUT2D eigenvalue weighted by Gasteiger charge is 2.22. The standard InChI is InChI=1S/C24H23N3O5/c25-19(24(29)30)13-22(28)27-17-7-11-23(26-14-17)31-18-8-10-21-16(12-18)6-9-20(32-21)15-4-2-1-3-5-15/h1-5,7-8,10-12,14,19-20H,6,9,13,25H2,(H,27,28)(H,29,30)/t19-,20?/m0/s1. The van der Waals surface area contributed by atoms with Gasteiger partial charge in [-0.25, -0.2) is 4.98 Å². The van der Waals surface area contributed by atoms with E-state index in [1.54, 1.807) is 12.1 Å². The molecule has 2 atom stereocenters. The lowest BCUT2D eigenvalue weighted by Crippen LogP contribution is -2.34. The predicted molar refractivity (Wildman–Crippen MR) is 118 cm³/mol. The number of nitrogens with one attached hydrogen (secondary N) is 1. The highest BCUT2D eigenvalue weighted by atomic mass is 16.5. The Morgan fingerprint density at radius 1 is 1.19 bits per heavy atom. The molecule has 0 bridgehead atoms. The van der Waals surface area contributed by atoms with Gasteiger partial charge < -0.3 is 25.6 Å². The fraction of sp³-hybridized carbons (Fsp3) is 0.208. The average Bonchev–Trinajstić information content (AvgIpc) is 2.80. The third-order valence-electron chi connectivity index (χ3n) is 5.11. The average molecular weight is 433 g/mol. The number of carbonyl (C=O) groups excluding carboxylic acids is 1. The Kier molecular flexibility index (Phi) is 6.32. The molecular formula is C24H23N3O5. The van der Waals surface area contributed by atoms with Crippen LogP contribution in [0.25, 0.3) is 0 Å². The molecule has 0 aliphatic carbocycles. The fourth-order valence-electron chi connectivity index (χ4n) is 3.47. The molecule has 0 saturated carbocycles. The number of amides is 1. The van der Waals surface area contributed by atoms with E-state index in [-0.39, 0.29) is 12.5 Å². The SMILES string of the molecule is N[C@@H](CC(=O)Nc1ccc(Oc2ccc3c(c2)CCC(c2ccccc2)O3)nc1)C(=O)O. The normalized spacial score (nSPS) is 15.7. The molecule has 8 nitrogen and oxygen atoms in total. The molecule has 3 aromatic rings. The van der Waals surface area contributed by atoms with E-state index in [0.717, 1.165) is 24.2 Å². The van der Waals surface area contributed by atoms with Crippen molar-refractivity contribution in [3.05, 3.63) is 78.0 Å². The maximum Gasteiger partial charge on any atom is 0.321 e. The number of carbonyl (C=O) groups is 2. The summed E-state index contributed by atoms with van der Waals surface area (Å²) in [7, 11) is 0. The van der Waals surface area contributed by atoms with Crippen LogP contribution in [0.15, 0.2) is 66.9 Å². The Hall–Kier alpha value is -3.91. The third kappa shape index (κ3) is 5.22. The number of aliphatic carboxylic acids is 1. The number of anilines is 1. The molecule has 0 radical (unpaired) electrons. The van der Waals surface area contributed by atoms with Gasteiger partial charge in [0.2, 0.25) is 11.8 Å². The molecule has 1 amide bonds. The molecule has 8 heteroatoms. The summed E-state index contributed by atoms with van der Waals surface area (Å²) < 4.78 is 12.0. The lowest BCUT2D eigenvalue weighted by Gasteiger charge is -2.26. The smallest absolute Gasteiger partial charge is 0.321 e.